The van der Waals surface area contributed by atoms with Crippen LogP contribution in [0.25, 0.3) is 0 Å². The molecule has 1 atom stereocenters. The maximum absolute atomic E-state index is 12.1. The van der Waals surface area contributed by atoms with E-state index in [0.717, 1.165) is 10.4 Å². The lowest BCUT2D eigenvalue weighted by atomic mass is 10.1. The van der Waals surface area contributed by atoms with Crippen LogP contribution in [0.1, 0.15) is 27.0 Å². The molecule has 1 amide bonds. The molecule has 0 aliphatic heterocycles. The lowest BCUT2D eigenvalue weighted by Crippen LogP contribution is -2.33. The van der Waals surface area contributed by atoms with Crippen molar-refractivity contribution in [3.8, 4) is 0 Å². The van der Waals surface area contributed by atoms with E-state index >= 15 is 0 Å². The molecule has 0 aliphatic rings. The van der Waals surface area contributed by atoms with Crippen molar-refractivity contribution in [2.45, 2.75) is 20.8 Å². The highest BCUT2D eigenvalue weighted by Gasteiger charge is 2.20. The molecule has 0 saturated carbocycles. The summed E-state index contributed by atoms with van der Waals surface area (Å²) in [6, 6.07) is 1.89. The zero-order valence-corrected chi connectivity index (χ0v) is 12.3. The van der Waals surface area contributed by atoms with Gasteiger partial charge < -0.3 is 9.64 Å². The number of carbonyl (C=O) groups excluding carboxylic acids is 2. The molecule has 1 aromatic rings. The topological polar surface area (TPSA) is 46.6 Å². The van der Waals surface area contributed by atoms with E-state index in [9.17, 15) is 9.59 Å². The largest absolute Gasteiger partial charge is 0.469 e. The Morgan fingerprint density at radius 1 is 1.44 bits per heavy atom. The average molecular weight is 269 g/mol. The van der Waals surface area contributed by atoms with E-state index in [1.807, 2.05) is 19.9 Å². The van der Waals surface area contributed by atoms with E-state index in [1.54, 1.807) is 18.9 Å². The molecule has 1 rings (SSSR count). The lowest BCUT2D eigenvalue weighted by Gasteiger charge is -2.19. The van der Waals surface area contributed by atoms with Crippen molar-refractivity contribution in [1.29, 1.82) is 0 Å². The SMILES string of the molecule is COC(=O)[C@@H](C)CN(C)C(=O)c1cc(C)c(C)s1. The Morgan fingerprint density at radius 2 is 2.06 bits per heavy atom. The van der Waals surface area contributed by atoms with Crippen molar-refractivity contribution < 1.29 is 14.3 Å². The molecule has 0 unspecified atom stereocenters. The number of methoxy groups -OCH3 is 1. The molecule has 0 aromatic carbocycles. The summed E-state index contributed by atoms with van der Waals surface area (Å²) in [5.74, 6) is -0.661. The Morgan fingerprint density at radius 3 is 2.50 bits per heavy atom. The monoisotopic (exact) mass is 269 g/mol. The van der Waals surface area contributed by atoms with Gasteiger partial charge in [0.1, 0.15) is 0 Å². The maximum atomic E-state index is 12.1. The van der Waals surface area contributed by atoms with Gasteiger partial charge in [0.05, 0.1) is 17.9 Å². The Labute approximate surface area is 112 Å². The van der Waals surface area contributed by atoms with Crippen LogP contribution in [0.4, 0.5) is 0 Å². The van der Waals surface area contributed by atoms with Crippen molar-refractivity contribution in [2.75, 3.05) is 20.7 Å². The zero-order valence-electron chi connectivity index (χ0n) is 11.4. The number of rotatable bonds is 4. The fraction of sp³-hybridized carbons (Fsp3) is 0.538. The van der Waals surface area contributed by atoms with Crippen LogP contribution in [-0.4, -0.2) is 37.5 Å². The number of hydrogen-bond donors (Lipinski definition) is 0. The fourth-order valence-electron chi connectivity index (χ4n) is 1.64. The van der Waals surface area contributed by atoms with Crippen molar-refractivity contribution in [1.82, 2.24) is 4.90 Å². The molecule has 0 aliphatic carbocycles. The number of nitrogens with zero attached hydrogens (tertiary/aromatic N) is 1. The van der Waals surface area contributed by atoms with Gasteiger partial charge in [0.15, 0.2) is 0 Å². The van der Waals surface area contributed by atoms with Gasteiger partial charge >= 0.3 is 5.97 Å². The second-order valence-electron chi connectivity index (χ2n) is 4.46. The van der Waals surface area contributed by atoms with Crippen LogP contribution < -0.4 is 0 Å². The first kappa shape index (κ1) is 14.7. The van der Waals surface area contributed by atoms with Gasteiger partial charge in [-0.15, -0.1) is 11.3 Å². The van der Waals surface area contributed by atoms with Crippen LogP contribution in [0.15, 0.2) is 6.07 Å². The normalized spacial score (nSPS) is 12.1. The van der Waals surface area contributed by atoms with Crippen LogP contribution in [0.2, 0.25) is 0 Å². The third kappa shape index (κ3) is 3.32. The molecule has 0 bridgehead atoms. The standard InChI is InChI=1S/C13H19NO3S/c1-8-6-11(18-10(8)3)12(15)14(4)7-9(2)13(16)17-5/h6,9H,7H2,1-5H3/t9-/m0/s1. The number of hydrogen-bond acceptors (Lipinski definition) is 4. The molecule has 5 heteroatoms. The third-order valence-corrected chi connectivity index (χ3v) is 4.02. The summed E-state index contributed by atoms with van der Waals surface area (Å²) in [5, 5.41) is 0. The summed E-state index contributed by atoms with van der Waals surface area (Å²) in [6.07, 6.45) is 0. The number of esters is 1. The maximum Gasteiger partial charge on any atom is 0.310 e. The van der Waals surface area contributed by atoms with Crippen molar-refractivity contribution in [3.63, 3.8) is 0 Å². The molecule has 100 valence electrons. The predicted molar refractivity (Wildman–Crippen MR) is 71.9 cm³/mol. The zero-order chi connectivity index (χ0) is 13.9. The summed E-state index contributed by atoms with van der Waals surface area (Å²) in [6.45, 7) is 6.09. The van der Waals surface area contributed by atoms with E-state index in [2.05, 4.69) is 4.74 Å². The number of ether oxygens (including phenoxy) is 1. The Balaban J connectivity index is 2.70. The van der Waals surface area contributed by atoms with Crippen LogP contribution in [0.5, 0.6) is 0 Å². The van der Waals surface area contributed by atoms with Gasteiger partial charge in [0.25, 0.3) is 5.91 Å². The second-order valence-corrected chi connectivity index (χ2v) is 5.72. The lowest BCUT2D eigenvalue weighted by molar-refractivity contribution is -0.145. The predicted octanol–water partition coefficient (Wildman–Crippen LogP) is 2.25. The molecule has 0 N–H and O–H groups in total. The number of carbonyl (C=O) groups is 2. The van der Waals surface area contributed by atoms with Gasteiger partial charge in [-0.25, -0.2) is 0 Å². The van der Waals surface area contributed by atoms with Gasteiger partial charge in [-0.05, 0) is 25.5 Å². The van der Waals surface area contributed by atoms with Gasteiger partial charge in [-0.2, -0.15) is 0 Å². The third-order valence-electron chi connectivity index (χ3n) is 2.87. The molecule has 4 nitrogen and oxygen atoms in total. The molecule has 0 saturated heterocycles. The van der Waals surface area contributed by atoms with Crippen LogP contribution >= 0.6 is 11.3 Å². The second kappa shape index (κ2) is 6.00. The molecule has 0 radical (unpaired) electrons. The van der Waals surface area contributed by atoms with E-state index in [0.29, 0.717) is 11.4 Å². The number of amides is 1. The van der Waals surface area contributed by atoms with Gasteiger partial charge in [-0.3, -0.25) is 9.59 Å². The molecular weight excluding hydrogens is 250 g/mol. The van der Waals surface area contributed by atoms with E-state index < -0.39 is 0 Å². The minimum atomic E-state index is -0.314. The quantitative estimate of drug-likeness (QED) is 0.788. The van der Waals surface area contributed by atoms with Crippen LogP contribution in [-0.2, 0) is 9.53 Å². The number of thiophene rings is 1. The highest BCUT2D eigenvalue weighted by Crippen LogP contribution is 2.22. The van der Waals surface area contributed by atoms with Crippen molar-refractivity contribution in [3.05, 3.63) is 21.4 Å². The van der Waals surface area contributed by atoms with Crippen molar-refractivity contribution >= 4 is 23.2 Å². The first-order chi connectivity index (χ1) is 8.36. The van der Waals surface area contributed by atoms with E-state index in [4.69, 9.17) is 0 Å². The molecule has 0 spiro atoms. The molecule has 18 heavy (non-hydrogen) atoms. The fourth-order valence-corrected chi connectivity index (χ4v) is 2.66. The van der Waals surface area contributed by atoms with Crippen molar-refractivity contribution in [2.24, 2.45) is 5.92 Å². The summed E-state index contributed by atoms with van der Waals surface area (Å²) < 4.78 is 4.65. The Hall–Kier alpha value is -1.36. The Kier molecular flexibility index (Phi) is 4.90. The molecular formula is C13H19NO3S. The average Bonchev–Trinajstić information content (AvgIpc) is 2.67. The van der Waals surface area contributed by atoms with E-state index in [-0.39, 0.29) is 17.8 Å². The summed E-state index contributed by atoms with van der Waals surface area (Å²) >= 11 is 1.48. The Bertz CT molecular complexity index is 434. The highest BCUT2D eigenvalue weighted by atomic mass is 32.1. The number of aryl methyl sites for hydroxylation is 2. The van der Waals surface area contributed by atoms with Gasteiger partial charge in [-0.1, -0.05) is 6.92 Å². The highest BCUT2D eigenvalue weighted by molar-refractivity contribution is 7.14. The van der Waals surface area contributed by atoms with Crippen LogP contribution in [0, 0.1) is 19.8 Å². The van der Waals surface area contributed by atoms with E-state index in [1.165, 1.54) is 18.4 Å². The summed E-state index contributed by atoms with van der Waals surface area (Å²) in [7, 11) is 3.05. The minimum Gasteiger partial charge on any atom is -0.469 e. The van der Waals surface area contributed by atoms with Crippen LogP contribution in [0.3, 0.4) is 0 Å². The minimum absolute atomic E-state index is 0.0491. The summed E-state index contributed by atoms with van der Waals surface area (Å²) in [4.78, 5) is 26.9. The molecule has 0 fully saturated rings. The van der Waals surface area contributed by atoms with Gasteiger partial charge in [0.2, 0.25) is 0 Å². The molecule has 1 aromatic heterocycles. The van der Waals surface area contributed by atoms with Gasteiger partial charge in [0, 0.05) is 18.5 Å². The summed E-state index contributed by atoms with van der Waals surface area (Å²) in [5.41, 5.74) is 1.12. The smallest absolute Gasteiger partial charge is 0.310 e. The first-order valence-corrected chi connectivity index (χ1v) is 6.58. The first-order valence-electron chi connectivity index (χ1n) is 5.77. The molecule has 1 heterocycles.